The van der Waals surface area contributed by atoms with E-state index in [4.69, 9.17) is 4.74 Å². The molecule has 2 aromatic carbocycles. The molecule has 0 spiro atoms. The molecular formula is C21H27NO. The zero-order chi connectivity index (χ0) is 16.1. The Balaban J connectivity index is 1.64. The molecule has 0 aliphatic carbocycles. The maximum absolute atomic E-state index is 5.98. The van der Waals surface area contributed by atoms with Crippen molar-refractivity contribution in [1.29, 1.82) is 0 Å². The Hall–Kier alpha value is -1.80. The third-order valence-corrected chi connectivity index (χ3v) is 4.96. The van der Waals surface area contributed by atoms with Crippen molar-refractivity contribution in [2.45, 2.75) is 32.1 Å². The van der Waals surface area contributed by atoms with Crippen LogP contribution in [0.25, 0.3) is 0 Å². The minimum atomic E-state index is 0.00702. The van der Waals surface area contributed by atoms with E-state index in [0.717, 1.165) is 25.4 Å². The van der Waals surface area contributed by atoms with Crippen molar-refractivity contribution in [3.8, 4) is 5.75 Å². The number of hydrogen-bond donors (Lipinski definition) is 1. The number of nitrogens with one attached hydrogen (secondary N) is 1. The van der Waals surface area contributed by atoms with Crippen LogP contribution in [0.2, 0.25) is 0 Å². The molecule has 1 atom stereocenters. The van der Waals surface area contributed by atoms with Gasteiger partial charge in [0.25, 0.3) is 0 Å². The Kier molecular flexibility index (Phi) is 5.02. The van der Waals surface area contributed by atoms with E-state index in [1.54, 1.807) is 0 Å². The number of hydrogen-bond acceptors (Lipinski definition) is 2. The standard InChI is InChI=1S/C21H27NO/c1-21(2,18-8-4-3-5-9-18)19-10-12-20(13-11-19)23-16-17-7-6-14-22-15-17/h3-5,8-13,17,22H,6-7,14-16H2,1-2H3/t17-/m1/s1. The fourth-order valence-corrected chi connectivity index (χ4v) is 3.27. The van der Waals surface area contributed by atoms with E-state index in [1.807, 2.05) is 0 Å². The van der Waals surface area contributed by atoms with Crippen LogP contribution in [-0.2, 0) is 5.41 Å². The Labute approximate surface area is 139 Å². The van der Waals surface area contributed by atoms with Gasteiger partial charge in [0.1, 0.15) is 5.75 Å². The average molecular weight is 309 g/mol. The van der Waals surface area contributed by atoms with E-state index in [2.05, 4.69) is 73.8 Å². The first kappa shape index (κ1) is 16.1. The van der Waals surface area contributed by atoms with Gasteiger partial charge in [0, 0.05) is 17.9 Å². The molecule has 0 aromatic heterocycles. The van der Waals surface area contributed by atoms with Crippen LogP contribution in [0.1, 0.15) is 37.8 Å². The monoisotopic (exact) mass is 309 g/mol. The second kappa shape index (κ2) is 7.18. The molecule has 0 saturated carbocycles. The van der Waals surface area contributed by atoms with Gasteiger partial charge in [-0.2, -0.15) is 0 Å². The van der Waals surface area contributed by atoms with Crippen LogP contribution in [-0.4, -0.2) is 19.7 Å². The molecule has 1 aliphatic heterocycles. The van der Waals surface area contributed by atoms with Crippen molar-refractivity contribution in [2.24, 2.45) is 5.92 Å². The summed E-state index contributed by atoms with van der Waals surface area (Å²) in [7, 11) is 0. The largest absolute Gasteiger partial charge is 0.493 e. The quantitative estimate of drug-likeness (QED) is 0.884. The second-order valence-corrected chi connectivity index (χ2v) is 7.04. The van der Waals surface area contributed by atoms with Crippen LogP contribution >= 0.6 is 0 Å². The molecule has 1 saturated heterocycles. The highest BCUT2D eigenvalue weighted by atomic mass is 16.5. The number of ether oxygens (including phenoxy) is 1. The van der Waals surface area contributed by atoms with Crippen molar-refractivity contribution >= 4 is 0 Å². The Bertz CT molecular complexity index is 597. The predicted molar refractivity (Wildman–Crippen MR) is 96.1 cm³/mol. The molecule has 1 heterocycles. The molecule has 3 rings (SSSR count). The van der Waals surface area contributed by atoms with Gasteiger partial charge in [0.05, 0.1) is 6.61 Å². The molecular weight excluding hydrogens is 282 g/mol. The average Bonchev–Trinajstić information content (AvgIpc) is 2.62. The maximum atomic E-state index is 5.98. The van der Waals surface area contributed by atoms with Crippen LogP contribution in [0.5, 0.6) is 5.75 Å². The van der Waals surface area contributed by atoms with Gasteiger partial charge in [0.15, 0.2) is 0 Å². The van der Waals surface area contributed by atoms with Crippen LogP contribution < -0.4 is 10.1 Å². The van der Waals surface area contributed by atoms with E-state index in [1.165, 1.54) is 24.0 Å². The molecule has 0 bridgehead atoms. The number of benzene rings is 2. The van der Waals surface area contributed by atoms with E-state index < -0.39 is 0 Å². The molecule has 0 unspecified atom stereocenters. The molecule has 2 nitrogen and oxygen atoms in total. The highest BCUT2D eigenvalue weighted by Gasteiger charge is 2.22. The molecule has 0 amide bonds. The zero-order valence-electron chi connectivity index (χ0n) is 14.2. The van der Waals surface area contributed by atoms with Gasteiger partial charge < -0.3 is 10.1 Å². The molecule has 23 heavy (non-hydrogen) atoms. The number of rotatable bonds is 5. The van der Waals surface area contributed by atoms with Crippen LogP contribution in [0.15, 0.2) is 54.6 Å². The van der Waals surface area contributed by atoms with Gasteiger partial charge in [-0.1, -0.05) is 56.3 Å². The highest BCUT2D eigenvalue weighted by Crippen LogP contribution is 2.32. The Morgan fingerprint density at radius 3 is 2.35 bits per heavy atom. The van der Waals surface area contributed by atoms with Crippen molar-refractivity contribution < 1.29 is 4.74 Å². The van der Waals surface area contributed by atoms with Crippen molar-refractivity contribution in [1.82, 2.24) is 5.32 Å². The fraction of sp³-hybridized carbons (Fsp3) is 0.429. The lowest BCUT2D eigenvalue weighted by Gasteiger charge is -2.26. The van der Waals surface area contributed by atoms with Gasteiger partial charge in [-0.3, -0.25) is 0 Å². The molecule has 2 aromatic rings. The van der Waals surface area contributed by atoms with Gasteiger partial charge in [-0.05, 0) is 42.6 Å². The highest BCUT2D eigenvalue weighted by molar-refractivity contribution is 5.39. The van der Waals surface area contributed by atoms with Crippen LogP contribution in [0.4, 0.5) is 0 Å². The van der Waals surface area contributed by atoms with Crippen LogP contribution in [0.3, 0.4) is 0 Å². The molecule has 0 radical (unpaired) electrons. The normalized spacial score (nSPS) is 18.6. The molecule has 122 valence electrons. The Morgan fingerprint density at radius 1 is 1.00 bits per heavy atom. The van der Waals surface area contributed by atoms with Gasteiger partial charge in [0.2, 0.25) is 0 Å². The lowest BCUT2D eigenvalue weighted by atomic mass is 9.78. The van der Waals surface area contributed by atoms with E-state index in [0.29, 0.717) is 5.92 Å². The summed E-state index contributed by atoms with van der Waals surface area (Å²) in [5, 5.41) is 3.44. The molecule has 1 aliphatic rings. The van der Waals surface area contributed by atoms with Crippen molar-refractivity contribution in [3.05, 3.63) is 65.7 Å². The summed E-state index contributed by atoms with van der Waals surface area (Å²) in [5.74, 6) is 1.62. The van der Waals surface area contributed by atoms with Gasteiger partial charge >= 0.3 is 0 Å². The second-order valence-electron chi connectivity index (χ2n) is 7.04. The predicted octanol–water partition coefficient (Wildman–Crippen LogP) is 4.39. The summed E-state index contributed by atoms with van der Waals surface area (Å²) in [6.45, 7) is 7.59. The third-order valence-electron chi connectivity index (χ3n) is 4.96. The summed E-state index contributed by atoms with van der Waals surface area (Å²) < 4.78 is 5.98. The smallest absolute Gasteiger partial charge is 0.119 e. The number of piperidine rings is 1. The topological polar surface area (TPSA) is 21.3 Å². The van der Waals surface area contributed by atoms with E-state index in [-0.39, 0.29) is 5.41 Å². The maximum Gasteiger partial charge on any atom is 0.119 e. The minimum absolute atomic E-state index is 0.00702. The lowest BCUT2D eigenvalue weighted by molar-refractivity contribution is 0.218. The molecule has 2 heteroatoms. The molecule has 1 N–H and O–H groups in total. The summed E-state index contributed by atoms with van der Waals surface area (Å²) in [4.78, 5) is 0. The van der Waals surface area contributed by atoms with E-state index >= 15 is 0 Å². The summed E-state index contributed by atoms with van der Waals surface area (Å²) in [6, 6.07) is 19.3. The van der Waals surface area contributed by atoms with Gasteiger partial charge in [-0.15, -0.1) is 0 Å². The lowest BCUT2D eigenvalue weighted by Crippen LogP contribution is -2.33. The van der Waals surface area contributed by atoms with Crippen LogP contribution in [0, 0.1) is 5.92 Å². The fourth-order valence-electron chi connectivity index (χ4n) is 3.27. The molecule has 1 fully saturated rings. The first-order valence-corrected chi connectivity index (χ1v) is 8.66. The minimum Gasteiger partial charge on any atom is -0.493 e. The summed E-state index contributed by atoms with van der Waals surface area (Å²) in [5.41, 5.74) is 2.66. The first-order chi connectivity index (χ1) is 11.2. The van der Waals surface area contributed by atoms with Crippen molar-refractivity contribution in [2.75, 3.05) is 19.7 Å². The van der Waals surface area contributed by atoms with Gasteiger partial charge in [-0.25, -0.2) is 0 Å². The summed E-state index contributed by atoms with van der Waals surface area (Å²) >= 11 is 0. The SMILES string of the molecule is CC(C)(c1ccccc1)c1ccc(OC[C@@H]2CCCNC2)cc1. The first-order valence-electron chi connectivity index (χ1n) is 8.66. The van der Waals surface area contributed by atoms with Crippen molar-refractivity contribution in [3.63, 3.8) is 0 Å². The zero-order valence-corrected chi connectivity index (χ0v) is 14.2. The third kappa shape index (κ3) is 3.94. The van der Waals surface area contributed by atoms with E-state index in [9.17, 15) is 0 Å². The summed E-state index contributed by atoms with van der Waals surface area (Å²) in [6.07, 6.45) is 2.53. The Morgan fingerprint density at radius 2 is 1.70 bits per heavy atom.